The molecule has 0 bridgehead atoms. The summed E-state index contributed by atoms with van der Waals surface area (Å²) in [6.07, 6.45) is 1.40. The van der Waals surface area contributed by atoms with Crippen molar-refractivity contribution in [3.05, 3.63) is 53.6 Å². The molecule has 0 saturated carbocycles. The number of likely N-dealkylation sites (N-methyl/N-ethyl adjacent to an activating group) is 1. The Hall–Kier alpha value is -2.18. The SMILES string of the molecule is CCCN(CCC)S(=O)(=O)c1ccc(C(=O)N(CCN(CC)CC)c2nc3c(F)cc(F)cc3s2)cc1.Cl. The number of hydrogen-bond acceptors (Lipinski definition) is 6. The summed E-state index contributed by atoms with van der Waals surface area (Å²) in [7, 11) is -3.68. The second-order valence-corrected chi connectivity index (χ2v) is 11.6. The number of anilines is 1. The number of sulfonamides is 1. The largest absolute Gasteiger partial charge is 0.302 e. The quantitative estimate of drug-likeness (QED) is 0.252. The highest BCUT2D eigenvalue weighted by Gasteiger charge is 2.26. The zero-order valence-electron chi connectivity index (χ0n) is 22.1. The first-order chi connectivity index (χ1) is 17.7. The van der Waals surface area contributed by atoms with Gasteiger partial charge in [-0.2, -0.15) is 4.31 Å². The molecular weight excluding hydrogens is 554 g/mol. The second kappa shape index (κ2) is 14.3. The molecule has 0 unspecified atom stereocenters. The van der Waals surface area contributed by atoms with E-state index in [1.54, 1.807) is 0 Å². The third-order valence-corrected chi connectivity index (χ3v) is 9.04. The molecule has 3 rings (SSSR count). The fraction of sp³-hybridized carbons (Fsp3) is 0.462. The van der Waals surface area contributed by atoms with E-state index in [1.807, 2.05) is 27.7 Å². The van der Waals surface area contributed by atoms with Crippen molar-refractivity contribution in [2.75, 3.05) is 44.2 Å². The van der Waals surface area contributed by atoms with E-state index in [2.05, 4.69) is 9.88 Å². The number of amides is 1. The predicted octanol–water partition coefficient (Wildman–Crippen LogP) is 5.80. The lowest BCUT2D eigenvalue weighted by Gasteiger charge is -2.25. The van der Waals surface area contributed by atoms with Gasteiger partial charge in [-0.3, -0.25) is 9.69 Å². The molecule has 0 spiro atoms. The maximum Gasteiger partial charge on any atom is 0.260 e. The fourth-order valence-corrected chi connectivity index (χ4v) is 6.70. The van der Waals surface area contributed by atoms with Crippen molar-refractivity contribution >= 4 is 55.0 Å². The van der Waals surface area contributed by atoms with E-state index in [9.17, 15) is 22.0 Å². The Morgan fingerprint density at radius 1 is 0.921 bits per heavy atom. The monoisotopic (exact) mass is 588 g/mol. The zero-order chi connectivity index (χ0) is 27.2. The van der Waals surface area contributed by atoms with Gasteiger partial charge >= 0.3 is 0 Å². The maximum absolute atomic E-state index is 14.3. The lowest BCUT2D eigenvalue weighted by molar-refractivity contribution is 0.0983. The molecule has 210 valence electrons. The number of benzene rings is 2. The lowest BCUT2D eigenvalue weighted by Crippen LogP contribution is -2.39. The highest BCUT2D eigenvalue weighted by molar-refractivity contribution is 7.89. The van der Waals surface area contributed by atoms with Gasteiger partial charge in [0.2, 0.25) is 10.0 Å². The van der Waals surface area contributed by atoms with Crippen LogP contribution in [0.1, 0.15) is 50.9 Å². The first-order valence-electron chi connectivity index (χ1n) is 12.6. The third kappa shape index (κ3) is 7.26. The highest BCUT2D eigenvalue weighted by Crippen LogP contribution is 2.32. The second-order valence-electron chi connectivity index (χ2n) is 8.64. The van der Waals surface area contributed by atoms with Crippen molar-refractivity contribution in [1.82, 2.24) is 14.2 Å². The van der Waals surface area contributed by atoms with Crippen LogP contribution in [-0.4, -0.2) is 67.8 Å². The van der Waals surface area contributed by atoms with E-state index in [0.717, 1.165) is 30.5 Å². The molecule has 1 heterocycles. The van der Waals surface area contributed by atoms with Crippen LogP contribution >= 0.6 is 23.7 Å². The number of thiazole rings is 1. The fourth-order valence-electron chi connectivity index (χ4n) is 4.05. The Morgan fingerprint density at radius 3 is 2.08 bits per heavy atom. The minimum atomic E-state index is -3.68. The van der Waals surface area contributed by atoms with Gasteiger partial charge < -0.3 is 4.90 Å². The Morgan fingerprint density at radius 2 is 1.53 bits per heavy atom. The molecule has 0 saturated heterocycles. The van der Waals surface area contributed by atoms with Crippen LogP contribution in [-0.2, 0) is 10.0 Å². The summed E-state index contributed by atoms with van der Waals surface area (Å²) in [4.78, 5) is 21.6. The molecule has 0 aliphatic heterocycles. The van der Waals surface area contributed by atoms with Gasteiger partial charge in [0.1, 0.15) is 11.3 Å². The van der Waals surface area contributed by atoms with Crippen molar-refractivity contribution < 1.29 is 22.0 Å². The molecule has 0 aliphatic rings. The van der Waals surface area contributed by atoms with Crippen LogP contribution < -0.4 is 4.90 Å². The Kier molecular flexibility index (Phi) is 12.0. The summed E-state index contributed by atoms with van der Waals surface area (Å²) in [6.45, 7) is 11.1. The summed E-state index contributed by atoms with van der Waals surface area (Å²) in [5.41, 5.74) is 0.289. The predicted molar refractivity (Wildman–Crippen MR) is 152 cm³/mol. The third-order valence-electron chi connectivity index (χ3n) is 6.10. The topological polar surface area (TPSA) is 73.8 Å². The molecule has 0 radical (unpaired) electrons. The minimum Gasteiger partial charge on any atom is -0.302 e. The molecule has 0 fully saturated rings. The van der Waals surface area contributed by atoms with Crippen LogP contribution in [0.4, 0.5) is 13.9 Å². The first-order valence-corrected chi connectivity index (χ1v) is 14.8. The van der Waals surface area contributed by atoms with E-state index >= 15 is 0 Å². The standard InChI is InChI=1S/C26H34F2N4O3S2.ClH/c1-5-13-31(14-6-2)37(34,35)21-11-9-19(10-12-21)25(33)32(16-15-30(7-3)8-4)26-29-24-22(28)17-20(27)18-23(24)36-26;/h9-12,17-18H,5-8,13-16H2,1-4H3;1H. The Bertz CT molecular complexity index is 1310. The average molecular weight is 589 g/mol. The van der Waals surface area contributed by atoms with Crippen LogP contribution in [0, 0.1) is 11.6 Å². The normalized spacial score (nSPS) is 11.8. The molecule has 0 N–H and O–H groups in total. The van der Waals surface area contributed by atoms with E-state index in [1.165, 1.54) is 39.5 Å². The number of hydrogen-bond donors (Lipinski definition) is 0. The van der Waals surface area contributed by atoms with Gasteiger partial charge in [-0.15, -0.1) is 12.4 Å². The summed E-state index contributed by atoms with van der Waals surface area (Å²) in [6, 6.07) is 7.83. The van der Waals surface area contributed by atoms with Crippen molar-refractivity contribution in [3.63, 3.8) is 0 Å². The van der Waals surface area contributed by atoms with Crippen LogP contribution in [0.25, 0.3) is 10.2 Å². The number of carbonyl (C=O) groups is 1. The van der Waals surface area contributed by atoms with Gasteiger partial charge in [-0.25, -0.2) is 22.2 Å². The molecule has 0 aliphatic carbocycles. The Labute approximate surface area is 233 Å². The molecule has 1 aromatic heterocycles. The van der Waals surface area contributed by atoms with Crippen LogP contribution in [0.15, 0.2) is 41.3 Å². The van der Waals surface area contributed by atoms with Crippen LogP contribution in [0.3, 0.4) is 0 Å². The smallest absolute Gasteiger partial charge is 0.260 e. The van der Waals surface area contributed by atoms with Gasteiger partial charge in [0.15, 0.2) is 10.9 Å². The summed E-state index contributed by atoms with van der Waals surface area (Å²) < 4.78 is 56.1. The van der Waals surface area contributed by atoms with Crippen molar-refractivity contribution in [1.29, 1.82) is 0 Å². The number of fused-ring (bicyclic) bond motifs is 1. The van der Waals surface area contributed by atoms with E-state index < -0.39 is 27.6 Å². The first kappa shape index (κ1) is 32.0. The minimum absolute atomic E-state index is 0. The van der Waals surface area contributed by atoms with Crippen molar-refractivity contribution in [2.45, 2.75) is 45.4 Å². The van der Waals surface area contributed by atoms with E-state index in [0.29, 0.717) is 37.2 Å². The molecule has 12 heteroatoms. The molecule has 0 atom stereocenters. The van der Waals surface area contributed by atoms with Gasteiger partial charge in [-0.1, -0.05) is 39.0 Å². The zero-order valence-corrected chi connectivity index (χ0v) is 24.6. The molecule has 7 nitrogen and oxygen atoms in total. The van der Waals surface area contributed by atoms with Crippen LogP contribution in [0.5, 0.6) is 0 Å². The molecule has 3 aromatic rings. The Balaban J connectivity index is 0.00000507. The maximum atomic E-state index is 14.3. The summed E-state index contributed by atoms with van der Waals surface area (Å²) in [5.74, 6) is -1.89. The number of halogens is 3. The highest BCUT2D eigenvalue weighted by atomic mass is 35.5. The van der Waals surface area contributed by atoms with E-state index in [-0.39, 0.29) is 40.1 Å². The summed E-state index contributed by atoms with van der Waals surface area (Å²) >= 11 is 1.04. The number of nitrogens with zero attached hydrogens (tertiary/aromatic N) is 4. The number of carbonyl (C=O) groups excluding carboxylic acids is 1. The number of rotatable bonds is 13. The molecule has 2 aromatic carbocycles. The van der Waals surface area contributed by atoms with Crippen molar-refractivity contribution in [2.24, 2.45) is 0 Å². The van der Waals surface area contributed by atoms with Gasteiger partial charge in [0, 0.05) is 37.8 Å². The average Bonchev–Trinajstić information content (AvgIpc) is 3.30. The lowest BCUT2D eigenvalue weighted by atomic mass is 10.2. The van der Waals surface area contributed by atoms with Gasteiger partial charge in [0.05, 0.1) is 9.60 Å². The summed E-state index contributed by atoms with van der Waals surface area (Å²) in [5, 5.41) is 0.255. The molecule has 1 amide bonds. The number of aromatic nitrogens is 1. The van der Waals surface area contributed by atoms with Gasteiger partial charge in [0.25, 0.3) is 5.91 Å². The molecule has 38 heavy (non-hydrogen) atoms. The molecular formula is C26H35ClF2N4O3S2. The van der Waals surface area contributed by atoms with Crippen molar-refractivity contribution in [3.8, 4) is 0 Å². The van der Waals surface area contributed by atoms with Gasteiger partial charge in [-0.05, 0) is 56.3 Å². The van der Waals surface area contributed by atoms with Crippen LogP contribution in [0.2, 0.25) is 0 Å². The van der Waals surface area contributed by atoms with E-state index in [4.69, 9.17) is 0 Å².